The van der Waals surface area contributed by atoms with Gasteiger partial charge in [0.1, 0.15) is 0 Å². The highest BCUT2D eigenvalue weighted by molar-refractivity contribution is 6.71. The summed E-state index contributed by atoms with van der Waals surface area (Å²) in [7, 11) is -1.44. The van der Waals surface area contributed by atoms with Crippen molar-refractivity contribution >= 4 is 8.32 Å². The molecule has 0 aromatic heterocycles. The summed E-state index contributed by atoms with van der Waals surface area (Å²) in [5, 5.41) is 0. The molecule has 0 aromatic carbocycles. The van der Waals surface area contributed by atoms with E-state index in [2.05, 4.69) is 24.9 Å². The predicted molar refractivity (Wildman–Crippen MR) is 88.0 cm³/mol. The molecule has 0 bridgehead atoms. The highest BCUT2D eigenvalue weighted by Crippen LogP contribution is 2.14. The van der Waals surface area contributed by atoms with E-state index in [4.69, 9.17) is 13.9 Å². The maximum Gasteiger partial charge on any atom is 0.186 e. The maximum absolute atomic E-state index is 5.88. The number of nitrogens with zero attached hydrogens (tertiary/aromatic N) is 1. The lowest BCUT2D eigenvalue weighted by Gasteiger charge is -2.25. The number of rotatable bonds is 14. The van der Waals surface area contributed by atoms with Crippen LogP contribution in [0.1, 0.15) is 27.2 Å². The minimum atomic E-state index is -1.44. The Bertz CT molecular complexity index is 205. The average molecular weight is 306 g/mol. The molecule has 0 amide bonds. The fraction of sp³-hybridized carbons (Fsp3) is 1.00. The molecule has 5 heteroatoms. The normalized spacial score (nSPS) is 12.3. The Hall–Kier alpha value is 0.0569. The summed E-state index contributed by atoms with van der Waals surface area (Å²) in [5.74, 6) is 0. The molecular weight excluding hydrogens is 270 g/mol. The first kappa shape index (κ1) is 20.1. The van der Waals surface area contributed by atoms with E-state index in [-0.39, 0.29) is 0 Å². The van der Waals surface area contributed by atoms with Crippen LogP contribution in [0.4, 0.5) is 0 Å². The minimum Gasteiger partial charge on any atom is -0.418 e. The van der Waals surface area contributed by atoms with Crippen LogP contribution in [0.5, 0.6) is 0 Å². The van der Waals surface area contributed by atoms with Crippen LogP contribution in [0.2, 0.25) is 19.1 Å². The highest BCUT2D eigenvalue weighted by Gasteiger charge is 2.21. The van der Waals surface area contributed by atoms with Crippen LogP contribution >= 0.6 is 0 Å². The largest absolute Gasteiger partial charge is 0.418 e. The molecule has 0 aromatic rings. The first-order valence-corrected chi connectivity index (χ1v) is 11.2. The van der Waals surface area contributed by atoms with Gasteiger partial charge in [0.05, 0.1) is 13.2 Å². The third-order valence-corrected chi connectivity index (χ3v) is 5.93. The second kappa shape index (κ2) is 12.8. The minimum absolute atomic E-state index is 0.795. The van der Waals surface area contributed by atoms with Gasteiger partial charge in [-0.1, -0.05) is 0 Å². The summed E-state index contributed by atoms with van der Waals surface area (Å²) in [5.41, 5.74) is 0. The van der Waals surface area contributed by atoms with Gasteiger partial charge in [-0.15, -0.1) is 0 Å². The monoisotopic (exact) mass is 305 g/mol. The van der Waals surface area contributed by atoms with Gasteiger partial charge in [-0.05, 0) is 52.9 Å². The van der Waals surface area contributed by atoms with Crippen LogP contribution < -0.4 is 0 Å². The Kier molecular flexibility index (Phi) is 12.8. The maximum atomic E-state index is 5.88. The molecule has 0 heterocycles. The molecular formula is C15H35NO3Si. The van der Waals surface area contributed by atoms with Crippen LogP contribution in [0, 0.1) is 0 Å². The van der Waals surface area contributed by atoms with Gasteiger partial charge in [0.25, 0.3) is 0 Å². The fourth-order valence-electron chi connectivity index (χ4n) is 2.20. The summed E-state index contributed by atoms with van der Waals surface area (Å²) >= 11 is 0. The Morgan fingerprint density at radius 3 is 1.80 bits per heavy atom. The molecule has 0 aliphatic heterocycles. The molecule has 122 valence electrons. The third kappa shape index (κ3) is 11.8. The summed E-state index contributed by atoms with van der Waals surface area (Å²) < 4.78 is 16.8. The third-order valence-electron chi connectivity index (χ3n) is 3.30. The molecule has 0 aliphatic rings. The zero-order valence-corrected chi connectivity index (χ0v) is 15.2. The fourth-order valence-corrected chi connectivity index (χ4v) is 4.14. The highest BCUT2D eigenvalue weighted by atomic mass is 28.4. The molecule has 0 atom stereocenters. The van der Waals surface area contributed by atoms with Crippen molar-refractivity contribution in [2.75, 3.05) is 52.7 Å². The van der Waals surface area contributed by atoms with E-state index < -0.39 is 8.32 Å². The molecule has 0 aliphatic carbocycles. The zero-order valence-electron chi connectivity index (χ0n) is 14.2. The Balaban J connectivity index is 3.93. The average Bonchev–Trinajstić information content (AvgIpc) is 2.38. The topological polar surface area (TPSA) is 30.9 Å². The van der Waals surface area contributed by atoms with Crippen LogP contribution in [0.15, 0.2) is 0 Å². The first-order chi connectivity index (χ1) is 9.55. The smallest absolute Gasteiger partial charge is 0.186 e. The Morgan fingerprint density at radius 1 is 0.800 bits per heavy atom. The number of hydrogen-bond acceptors (Lipinski definition) is 4. The zero-order chi connectivity index (χ0) is 15.3. The molecule has 0 rings (SSSR count). The SMILES string of the molecule is CCOCCN(CCC[Si](C)(C)OCC)CCOCC. The molecule has 0 radical (unpaired) electrons. The standard InChI is InChI=1S/C15H35NO3Si/c1-6-17-13-11-16(12-14-18-7-2)10-9-15-20(4,5)19-8-3/h6-15H2,1-5H3. The number of ether oxygens (including phenoxy) is 2. The Labute approximate surface area is 126 Å². The molecule has 0 saturated carbocycles. The van der Waals surface area contributed by atoms with Crippen LogP contribution in [0.25, 0.3) is 0 Å². The van der Waals surface area contributed by atoms with E-state index in [1.807, 2.05) is 13.8 Å². The van der Waals surface area contributed by atoms with Crippen molar-refractivity contribution in [3.8, 4) is 0 Å². The van der Waals surface area contributed by atoms with E-state index in [0.29, 0.717) is 0 Å². The molecule has 4 nitrogen and oxygen atoms in total. The molecule has 0 unspecified atom stereocenters. The van der Waals surface area contributed by atoms with Gasteiger partial charge in [0.2, 0.25) is 0 Å². The van der Waals surface area contributed by atoms with E-state index in [0.717, 1.165) is 52.7 Å². The summed E-state index contributed by atoms with van der Waals surface area (Å²) in [6.07, 6.45) is 1.21. The van der Waals surface area contributed by atoms with Crippen molar-refractivity contribution in [2.24, 2.45) is 0 Å². The van der Waals surface area contributed by atoms with Crippen molar-refractivity contribution in [2.45, 2.75) is 46.3 Å². The second-order valence-electron chi connectivity index (χ2n) is 5.53. The van der Waals surface area contributed by atoms with E-state index >= 15 is 0 Å². The van der Waals surface area contributed by atoms with Gasteiger partial charge in [0.15, 0.2) is 8.32 Å². The quantitative estimate of drug-likeness (QED) is 0.365. The second-order valence-corrected chi connectivity index (χ2v) is 9.84. The van der Waals surface area contributed by atoms with Gasteiger partial charge in [-0.2, -0.15) is 0 Å². The number of hydrogen-bond donors (Lipinski definition) is 0. The van der Waals surface area contributed by atoms with E-state index in [1.165, 1.54) is 12.5 Å². The van der Waals surface area contributed by atoms with Crippen molar-refractivity contribution in [1.82, 2.24) is 4.90 Å². The van der Waals surface area contributed by atoms with Crippen molar-refractivity contribution in [3.63, 3.8) is 0 Å². The summed E-state index contributed by atoms with van der Waals surface area (Å²) in [4.78, 5) is 2.45. The summed E-state index contributed by atoms with van der Waals surface area (Å²) in [6, 6.07) is 1.22. The van der Waals surface area contributed by atoms with E-state index in [1.54, 1.807) is 0 Å². The lowest BCUT2D eigenvalue weighted by atomic mass is 10.4. The molecule has 0 fully saturated rings. The molecule has 0 N–H and O–H groups in total. The van der Waals surface area contributed by atoms with E-state index in [9.17, 15) is 0 Å². The van der Waals surface area contributed by atoms with Crippen molar-refractivity contribution < 1.29 is 13.9 Å². The lowest BCUT2D eigenvalue weighted by Crippen LogP contribution is -2.35. The van der Waals surface area contributed by atoms with Gasteiger partial charge in [-0.25, -0.2) is 0 Å². The van der Waals surface area contributed by atoms with Crippen LogP contribution in [0.3, 0.4) is 0 Å². The first-order valence-electron chi connectivity index (χ1n) is 8.07. The van der Waals surface area contributed by atoms with Crippen LogP contribution in [-0.2, 0) is 13.9 Å². The molecule has 0 saturated heterocycles. The summed E-state index contributed by atoms with van der Waals surface area (Å²) in [6.45, 7) is 18.0. The van der Waals surface area contributed by atoms with Crippen LogP contribution in [-0.4, -0.2) is 65.9 Å². The van der Waals surface area contributed by atoms with Gasteiger partial charge in [-0.3, -0.25) is 4.90 Å². The van der Waals surface area contributed by atoms with Gasteiger partial charge < -0.3 is 13.9 Å². The van der Waals surface area contributed by atoms with Crippen molar-refractivity contribution in [3.05, 3.63) is 0 Å². The molecule has 20 heavy (non-hydrogen) atoms. The lowest BCUT2D eigenvalue weighted by molar-refractivity contribution is 0.0827. The Morgan fingerprint density at radius 2 is 1.35 bits per heavy atom. The van der Waals surface area contributed by atoms with Gasteiger partial charge >= 0.3 is 0 Å². The van der Waals surface area contributed by atoms with Gasteiger partial charge in [0, 0.05) is 32.9 Å². The predicted octanol–water partition coefficient (Wildman–Crippen LogP) is 2.99. The van der Waals surface area contributed by atoms with Crippen molar-refractivity contribution in [1.29, 1.82) is 0 Å². The molecule has 0 spiro atoms.